The van der Waals surface area contributed by atoms with Crippen molar-refractivity contribution in [2.45, 2.75) is 39.2 Å². The average Bonchev–Trinajstić information content (AvgIpc) is 2.30. The van der Waals surface area contributed by atoms with Gasteiger partial charge in [0, 0.05) is 12.6 Å². The van der Waals surface area contributed by atoms with Crippen molar-refractivity contribution in [1.29, 1.82) is 0 Å². The number of nitrogens with zero attached hydrogens (tertiary/aromatic N) is 1. The van der Waals surface area contributed by atoms with Crippen LogP contribution >= 0.6 is 0 Å². The highest BCUT2D eigenvalue weighted by Gasteiger charge is 2.21. The van der Waals surface area contributed by atoms with E-state index in [1.54, 1.807) is 0 Å². The zero-order valence-corrected chi connectivity index (χ0v) is 11.4. The third-order valence-corrected chi connectivity index (χ3v) is 3.57. The molecule has 0 aromatic heterocycles. The van der Waals surface area contributed by atoms with E-state index in [4.69, 9.17) is 4.74 Å². The van der Waals surface area contributed by atoms with Crippen molar-refractivity contribution in [3.8, 4) is 0 Å². The molecular formula is C13H26N2O2. The van der Waals surface area contributed by atoms with E-state index in [2.05, 4.69) is 24.2 Å². The molecule has 4 nitrogen and oxygen atoms in total. The zero-order valence-electron chi connectivity index (χ0n) is 11.4. The smallest absolute Gasteiger partial charge is 0.307 e. The van der Waals surface area contributed by atoms with E-state index < -0.39 is 0 Å². The van der Waals surface area contributed by atoms with E-state index in [1.807, 2.05) is 6.92 Å². The Morgan fingerprint density at radius 3 is 2.71 bits per heavy atom. The van der Waals surface area contributed by atoms with Gasteiger partial charge in [-0.05, 0) is 52.7 Å². The van der Waals surface area contributed by atoms with Crippen LogP contribution in [0.5, 0.6) is 0 Å². The summed E-state index contributed by atoms with van der Waals surface area (Å²) in [6, 6.07) is 0.498. The number of carbonyl (C=O) groups is 1. The lowest BCUT2D eigenvalue weighted by Gasteiger charge is -2.33. The van der Waals surface area contributed by atoms with Gasteiger partial charge in [-0.2, -0.15) is 0 Å². The first-order valence-electron chi connectivity index (χ1n) is 6.71. The second kappa shape index (κ2) is 7.67. The molecule has 1 heterocycles. The Morgan fingerprint density at radius 2 is 2.12 bits per heavy atom. The minimum absolute atomic E-state index is 0.101. The molecule has 1 atom stereocenters. The van der Waals surface area contributed by atoms with Crippen LogP contribution in [0, 0.1) is 5.92 Å². The summed E-state index contributed by atoms with van der Waals surface area (Å²) in [6.07, 6.45) is 2.99. The fourth-order valence-electron chi connectivity index (χ4n) is 2.33. The second-order valence-electron chi connectivity index (χ2n) is 4.94. The van der Waals surface area contributed by atoms with Gasteiger partial charge in [-0.25, -0.2) is 0 Å². The van der Waals surface area contributed by atoms with Crippen LogP contribution in [-0.4, -0.2) is 50.2 Å². The molecule has 1 saturated heterocycles. The average molecular weight is 242 g/mol. The standard InChI is InChI=1S/C13H26N2O2/c1-4-17-13(16)5-8-14-11(2)12-6-9-15(3)10-7-12/h11-12,14H,4-10H2,1-3H3. The van der Waals surface area contributed by atoms with Gasteiger partial charge < -0.3 is 15.0 Å². The monoisotopic (exact) mass is 242 g/mol. The van der Waals surface area contributed by atoms with Crippen LogP contribution in [0.3, 0.4) is 0 Å². The van der Waals surface area contributed by atoms with Crippen molar-refractivity contribution < 1.29 is 9.53 Å². The van der Waals surface area contributed by atoms with Crippen LogP contribution in [0.2, 0.25) is 0 Å². The number of rotatable bonds is 6. The van der Waals surface area contributed by atoms with E-state index in [9.17, 15) is 4.79 Å². The normalized spacial score (nSPS) is 20.2. The molecule has 4 heteroatoms. The summed E-state index contributed by atoms with van der Waals surface area (Å²) in [4.78, 5) is 13.6. The van der Waals surface area contributed by atoms with Crippen LogP contribution in [0.15, 0.2) is 0 Å². The summed E-state index contributed by atoms with van der Waals surface area (Å²) in [5.41, 5.74) is 0. The fraction of sp³-hybridized carbons (Fsp3) is 0.923. The molecule has 1 unspecified atom stereocenters. The zero-order chi connectivity index (χ0) is 12.7. The van der Waals surface area contributed by atoms with Gasteiger partial charge in [-0.1, -0.05) is 0 Å². The van der Waals surface area contributed by atoms with Gasteiger partial charge in [0.05, 0.1) is 13.0 Å². The van der Waals surface area contributed by atoms with Crippen molar-refractivity contribution in [2.24, 2.45) is 5.92 Å². The third-order valence-electron chi connectivity index (χ3n) is 3.57. The number of carbonyl (C=O) groups excluding carboxylic acids is 1. The Hall–Kier alpha value is -0.610. The molecule has 0 spiro atoms. The van der Waals surface area contributed by atoms with Crippen LogP contribution in [-0.2, 0) is 9.53 Å². The van der Waals surface area contributed by atoms with E-state index in [0.29, 0.717) is 19.1 Å². The molecule has 0 saturated carbocycles. The first kappa shape index (κ1) is 14.5. The SMILES string of the molecule is CCOC(=O)CCNC(C)C1CCN(C)CC1. The Bertz CT molecular complexity index is 225. The van der Waals surface area contributed by atoms with E-state index in [-0.39, 0.29) is 5.97 Å². The second-order valence-corrected chi connectivity index (χ2v) is 4.94. The highest BCUT2D eigenvalue weighted by atomic mass is 16.5. The lowest BCUT2D eigenvalue weighted by Crippen LogP contribution is -2.41. The third kappa shape index (κ3) is 5.50. The van der Waals surface area contributed by atoms with Gasteiger partial charge in [-0.15, -0.1) is 0 Å². The van der Waals surface area contributed by atoms with Gasteiger partial charge in [-0.3, -0.25) is 4.79 Å². The van der Waals surface area contributed by atoms with Crippen molar-refractivity contribution >= 4 is 5.97 Å². The molecule has 0 aromatic rings. The minimum Gasteiger partial charge on any atom is -0.466 e. The molecule has 1 fully saturated rings. The maximum atomic E-state index is 11.2. The number of hydrogen-bond donors (Lipinski definition) is 1. The molecule has 0 aliphatic carbocycles. The largest absolute Gasteiger partial charge is 0.466 e. The number of esters is 1. The predicted molar refractivity (Wildman–Crippen MR) is 68.9 cm³/mol. The van der Waals surface area contributed by atoms with Crippen LogP contribution in [0.25, 0.3) is 0 Å². The summed E-state index contributed by atoms with van der Waals surface area (Å²) in [7, 11) is 2.18. The Morgan fingerprint density at radius 1 is 1.47 bits per heavy atom. The highest BCUT2D eigenvalue weighted by molar-refractivity contribution is 5.69. The van der Waals surface area contributed by atoms with Crippen molar-refractivity contribution in [2.75, 3.05) is 33.3 Å². The number of nitrogens with one attached hydrogen (secondary N) is 1. The molecule has 1 N–H and O–H groups in total. The molecule has 1 rings (SSSR count). The van der Waals surface area contributed by atoms with Gasteiger partial charge in [0.25, 0.3) is 0 Å². The number of piperidine rings is 1. The summed E-state index contributed by atoms with van der Waals surface area (Å²) in [6.45, 7) is 7.65. The summed E-state index contributed by atoms with van der Waals surface area (Å²) in [5.74, 6) is 0.643. The molecule has 100 valence electrons. The number of hydrogen-bond acceptors (Lipinski definition) is 4. The van der Waals surface area contributed by atoms with E-state index in [1.165, 1.54) is 25.9 Å². The fourth-order valence-corrected chi connectivity index (χ4v) is 2.33. The lowest BCUT2D eigenvalue weighted by atomic mass is 9.90. The molecule has 1 aliphatic heterocycles. The van der Waals surface area contributed by atoms with Crippen molar-refractivity contribution in [3.05, 3.63) is 0 Å². The molecule has 17 heavy (non-hydrogen) atoms. The Labute approximate surface area is 105 Å². The summed E-state index contributed by atoms with van der Waals surface area (Å²) in [5, 5.41) is 3.44. The Balaban J connectivity index is 2.12. The van der Waals surface area contributed by atoms with Gasteiger partial charge in [0.2, 0.25) is 0 Å². The number of likely N-dealkylation sites (tertiary alicyclic amines) is 1. The van der Waals surface area contributed by atoms with Crippen molar-refractivity contribution in [3.63, 3.8) is 0 Å². The topological polar surface area (TPSA) is 41.6 Å². The molecule has 0 radical (unpaired) electrons. The van der Waals surface area contributed by atoms with E-state index >= 15 is 0 Å². The lowest BCUT2D eigenvalue weighted by molar-refractivity contribution is -0.143. The molecular weight excluding hydrogens is 216 g/mol. The maximum absolute atomic E-state index is 11.2. The predicted octanol–water partition coefficient (Wildman–Crippen LogP) is 1.26. The molecule has 1 aliphatic rings. The maximum Gasteiger partial charge on any atom is 0.307 e. The summed E-state index contributed by atoms with van der Waals surface area (Å²) >= 11 is 0. The first-order valence-corrected chi connectivity index (χ1v) is 6.71. The Kier molecular flexibility index (Phi) is 6.52. The first-order chi connectivity index (χ1) is 8.13. The van der Waals surface area contributed by atoms with E-state index in [0.717, 1.165) is 12.5 Å². The van der Waals surface area contributed by atoms with Crippen LogP contribution in [0.1, 0.15) is 33.1 Å². The molecule has 0 aromatic carbocycles. The van der Waals surface area contributed by atoms with Gasteiger partial charge in [0.1, 0.15) is 0 Å². The minimum atomic E-state index is -0.101. The van der Waals surface area contributed by atoms with Crippen molar-refractivity contribution in [1.82, 2.24) is 10.2 Å². The summed E-state index contributed by atoms with van der Waals surface area (Å²) < 4.78 is 4.90. The van der Waals surface area contributed by atoms with Crippen LogP contribution in [0.4, 0.5) is 0 Å². The highest BCUT2D eigenvalue weighted by Crippen LogP contribution is 2.19. The van der Waals surface area contributed by atoms with Crippen LogP contribution < -0.4 is 5.32 Å². The quantitative estimate of drug-likeness (QED) is 0.712. The molecule has 0 bridgehead atoms. The number of ether oxygens (including phenoxy) is 1. The van der Waals surface area contributed by atoms with Gasteiger partial charge >= 0.3 is 5.97 Å². The molecule has 0 amide bonds. The van der Waals surface area contributed by atoms with Gasteiger partial charge in [0.15, 0.2) is 0 Å².